The number of hydrogen-bond donors (Lipinski definition) is 2. The Morgan fingerprint density at radius 2 is 1.76 bits per heavy atom. The number of hydrogen-bond acceptors (Lipinski definition) is 6. The number of halogens is 1. The molecule has 0 radical (unpaired) electrons. The van der Waals surface area contributed by atoms with Crippen molar-refractivity contribution < 1.29 is 29.1 Å². The number of phenols is 1. The number of rotatable bonds is 7. The summed E-state index contributed by atoms with van der Waals surface area (Å²) in [6.45, 7) is 0. The first-order chi connectivity index (χ1) is 16.3. The molecule has 9 heteroatoms. The molecule has 2 N–H and O–H groups in total. The standard InChI is InChI=1S/C25H19FN2O6/c26-17-7-4-8-18(14-17)27-23(16-10-12-20(29)19(13-16)28(33)34)22(24(31)25(27)32)21(30)11-9-15-5-2-1-3-6-15/h1-8,10,12-14,23,29,31H,9,11H2. The van der Waals surface area contributed by atoms with Crippen LogP contribution in [0.5, 0.6) is 5.75 Å². The number of aliphatic hydroxyl groups excluding tert-OH is 1. The van der Waals surface area contributed by atoms with Crippen molar-refractivity contribution in [1.82, 2.24) is 0 Å². The quantitative estimate of drug-likeness (QED) is 0.393. The first-order valence-electron chi connectivity index (χ1n) is 10.3. The number of anilines is 1. The minimum absolute atomic E-state index is 0.0373. The second-order valence-corrected chi connectivity index (χ2v) is 7.73. The SMILES string of the molecule is O=C(CCc1ccccc1)C1=C(O)C(=O)N(c2cccc(F)c2)C1c1ccc(O)c([N+](=O)[O-])c1. The first kappa shape index (κ1) is 22.7. The summed E-state index contributed by atoms with van der Waals surface area (Å²) >= 11 is 0. The molecule has 1 amide bonds. The Balaban J connectivity index is 1.79. The summed E-state index contributed by atoms with van der Waals surface area (Å²) in [5.74, 6) is -3.52. The van der Waals surface area contributed by atoms with Gasteiger partial charge in [0.1, 0.15) is 5.82 Å². The summed E-state index contributed by atoms with van der Waals surface area (Å²) in [6, 6.07) is 16.3. The Kier molecular flexibility index (Phi) is 6.09. The van der Waals surface area contributed by atoms with Crippen molar-refractivity contribution >= 4 is 23.1 Å². The van der Waals surface area contributed by atoms with Gasteiger partial charge in [0, 0.05) is 18.2 Å². The molecule has 0 bridgehead atoms. The van der Waals surface area contributed by atoms with Gasteiger partial charge in [-0.15, -0.1) is 0 Å². The van der Waals surface area contributed by atoms with Crippen molar-refractivity contribution in [3.8, 4) is 5.75 Å². The average molecular weight is 462 g/mol. The van der Waals surface area contributed by atoms with Gasteiger partial charge >= 0.3 is 5.69 Å². The third-order valence-electron chi connectivity index (χ3n) is 5.59. The molecule has 0 aliphatic carbocycles. The lowest BCUT2D eigenvalue weighted by Gasteiger charge is -2.27. The molecule has 3 aromatic rings. The molecule has 0 saturated carbocycles. The van der Waals surface area contributed by atoms with E-state index in [4.69, 9.17) is 0 Å². The number of amides is 1. The predicted octanol–water partition coefficient (Wildman–Crippen LogP) is 4.54. The maximum Gasteiger partial charge on any atom is 0.311 e. The highest BCUT2D eigenvalue weighted by Crippen LogP contribution is 2.43. The van der Waals surface area contributed by atoms with Crippen LogP contribution in [0.2, 0.25) is 0 Å². The summed E-state index contributed by atoms with van der Waals surface area (Å²) < 4.78 is 14.0. The van der Waals surface area contributed by atoms with Crippen LogP contribution >= 0.6 is 0 Å². The van der Waals surface area contributed by atoms with E-state index in [0.717, 1.165) is 28.7 Å². The van der Waals surface area contributed by atoms with Gasteiger partial charge < -0.3 is 10.2 Å². The van der Waals surface area contributed by atoms with E-state index in [1.807, 2.05) is 30.3 Å². The molecule has 1 aliphatic heterocycles. The van der Waals surface area contributed by atoms with E-state index in [1.54, 1.807) is 0 Å². The molecule has 172 valence electrons. The van der Waals surface area contributed by atoms with Crippen LogP contribution in [0.1, 0.15) is 23.6 Å². The van der Waals surface area contributed by atoms with Gasteiger partial charge in [-0.3, -0.25) is 24.6 Å². The Morgan fingerprint density at radius 3 is 2.44 bits per heavy atom. The number of aromatic hydroxyl groups is 1. The van der Waals surface area contributed by atoms with Gasteiger partial charge in [0.05, 0.1) is 16.5 Å². The molecule has 34 heavy (non-hydrogen) atoms. The van der Waals surface area contributed by atoms with Gasteiger partial charge in [-0.25, -0.2) is 4.39 Å². The number of aryl methyl sites for hydroxylation is 1. The summed E-state index contributed by atoms with van der Waals surface area (Å²) in [7, 11) is 0. The number of phenolic OH excluding ortho intramolecular Hbond substituents is 1. The largest absolute Gasteiger partial charge is 0.503 e. The van der Waals surface area contributed by atoms with E-state index < -0.39 is 45.7 Å². The molecule has 1 aliphatic rings. The minimum atomic E-state index is -1.25. The Labute approximate surface area is 193 Å². The summed E-state index contributed by atoms with van der Waals surface area (Å²) in [5.41, 5.74) is 0.160. The highest BCUT2D eigenvalue weighted by atomic mass is 19.1. The van der Waals surface area contributed by atoms with Crippen molar-refractivity contribution in [2.45, 2.75) is 18.9 Å². The van der Waals surface area contributed by atoms with E-state index in [9.17, 15) is 34.3 Å². The molecule has 0 fully saturated rings. The number of ketones is 1. The zero-order valence-electron chi connectivity index (χ0n) is 17.7. The maximum absolute atomic E-state index is 14.0. The fraction of sp³-hybridized carbons (Fsp3) is 0.120. The summed E-state index contributed by atoms with van der Waals surface area (Å²) in [6.07, 6.45) is 0.303. The molecule has 1 heterocycles. The molecule has 1 atom stereocenters. The van der Waals surface area contributed by atoms with Crippen LogP contribution in [0.4, 0.5) is 15.8 Å². The second-order valence-electron chi connectivity index (χ2n) is 7.73. The smallest absolute Gasteiger partial charge is 0.311 e. The molecule has 0 spiro atoms. The third kappa shape index (κ3) is 4.23. The highest BCUT2D eigenvalue weighted by molar-refractivity contribution is 6.16. The number of carbonyl (C=O) groups excluding carboxylic acids is 2. The van der Waals surface area contributed by atoms with E-state index in [0.29, 0.717) is 6.42 Å². The average Bonchev–Trinajstić information content (AvgIpc) is 3.09. The Morgan fingerprint density at radius 1 is 1.03 bits per heavy atom. The molecular weight excluding hydrogens is 443 g/mol. The van der Waals surface area contributed by atoms with Gasteiger partial charge in [-0.05, 0) is 41.8 Å². The normalized spacial score (nSPS) is 15.6. The van der Waals surface area contributed by atoms with Crippen molar-refractivity contribution in [3.05, 3.63) is 111 Å². The number of nitro benzene ring substituents is 1. The number of nitrogens with zero attached hydrogens (tertiary/aromatic N) is 2. The highest BCUT2D eigenvalue weighted by Gasteiger charge is 2.44. The van der Waals surface area contributed by atoms with Crippen molar-refractivity contribution in [2.75, 3.05) is 4.90 Å². The minimum Gasteiger partial charge on any atom is -0.503 e. The second kappa shape index (κ2) is 9.14. The Hall–Kier alpha value is -4.53. The van der Waals surface area contributed by atoms with Crippen LogP contribution < -0.4 is 4.90 Å². The zero-order valence-corrected chi connectivity index (χ0v) is 17.7. The zero-order chi connectivity index (χ0) is 24.4. The van der Waals surface area contributed by atoms with Gasteiger partial charge in [0.2, 0.25) is 0 Å². The number of carbonyl (C=O) groups is 2. The number of aliphatic hydroxyl groups is 1. The van der Waals surface area contributed by atoms with Gasteiger partial charge in [-0.2, -0.15) is 0 Å². The van der Waals surface area contributed by atoms with Crippen LogP contribution in [-0.4, -0.2) is 26.8 Å². The van der Waals surface area contributed by atoms with E-state index in [-0.39, 0.29) is 23.2 Å². The van der Waals surface area contributed by atoms with Crippen LogP contribution in [0.25, 0.3) is 0 Å². The van der Waals surface area contributed by atoms with Crippen LogP contribution in [0.3, 0.4) is 0 Å². The van der Waals surface area contributed by atoms with Gasteiger partial charge in [0.25, 0.3) is 5.91 Å². The topological polar surface area (TPSA) is 121 Å². The Bertz CT molecular complexity index is 1320. The van der Waals surface area contributed by atoms with Crippen molar-refractivity contribution in [3.63, 3.8) is 0 Å². The molecule has 0 aromatic heterocycles. The summed E-state index contributed by atoms with van der Waals surface area (Å²) in [5, 5.41) is 31.9. The van der Waals surface area contributed by atoms with Crippen molar-refractivity contribution in [2.24, 2.45) is 0 Å². The van der Waals surface area contributed by atoms with Crippen LogP contribution in [0, 0.1) is 15.9 Å². The summed E-state index contributed by atoms with van der Waals surface area (Å²) in [4.78, 5) is 37.9. The van der Waals surface area contributed by atoms with Crippen LogP contribution in [0.15, 0.2) is 84.1 Å². The maximum atomic E-state index is 14.0. The van der Waals surface area contributed by atoms with Gasteiger partial charge in [0.15, 0.2) is 17.3 Å². The van der Waals surface area contributed by atoms with Gasteiger partial charge in [-0.1, -0.05) is 42.5 Å². The molecule has 0 saturated heterocycles. The first-order valence-corrected chi connectivity index (χ1v) is 10.3. The lowest BCUT2D eigenvalue weighted by molar-refractivity contribution is -0.385. The van der Waals surface area contributed by atoms with E-state index in [1.165, 1.54) is 24.3 Å². The van der Waals surface area contributed by atoms with E-state index in [2.05, 4.69) is 0 Å². The fourth-order valence-electron chi connectivity index (χ4n) is 3.99. The molecule has 4 rings (SSSR count). The lowest BCUT2D eigenvalue weighted by atomic mass is 9.92. The number of benzene rings is 3. The number of Topliss-reactive ketones (excluding diaryl/α,β-unsaturated/α-hetero) is 1. The lowest BCUT2D eigenvalue weighted by Crippen LogP contribution is -2.31. The fourth-order valence-corrected chi connectivity index (χ4v) is 3.99. The molecule has 8 nitrogen and oxygen atoms in total. The predicted molar refractivity (Wildman–Crippen MR) is 121 cm³/mol. The van der Waals surface area contributed by atoms with E-state index >= 15 is 0 Å². The van der Waals surface area contributed by atoms with Crippen LogP contribution in [-0.2, 0) is 16.0 Å². The molecule has 1 unspecified atom stereocenters. The third-order valence-corrected chi connectivity index (χ3v) is 5.59. The monoisotopic (exact) mass is 462 g/mol. The molecular formula is C25H19FN2O6. The number of nitro groups is 1. The van der Waals surface area contributed by atoms with Crippen molar-refractivity contribution in [1.29, 1.82) is 0 Å². The molecule has 3 aromatic carbocycles.